The molecule has 2 heterocycles. The molecule has 0 spiro atoms. The molecule has 0 amide bonds. The number of hydrogen-bond acceptors (Lipinski definition) is 3. The summed E-state index contributed by atoms with van der Waals surface area (Å²) in [7, 11) is 0. The Morgan fingerprint density at radius 1 is 0.500 bits per heavy atom. The molecule has 1 aromatic heterocycles. The summed E-state index contributed by atoms with van der Waals surface area (Å²) in [5.74, 6) is 0. The molecule has 0 saturated heterocycles. The number of rotatable bonds is 7. The Hall–Kier alpha value is -7.88. The van der Waals surface area contributed by atoms with E-state index in [0.717, 1.165) is 55.7 Å². The van der Waals surface area contributed by atoms with Crippen molar-refractivity contribution >= 4 is 61.1 Å². The van der Waals surface area contributed by atoms with E-state index in [4.69, 9.17) is 4.42 Å². The molecule has 0 bridgehead atoms. The minimum Gasteiger partial charge on any atom is -0.456 e. The van der Waals surface area contributed by atoms with E-state index in [9.17, 15) is 0 Å². The van der Waals surface area contributed by atoms with Gasteiger partial charge in [0.05, 0.1) is 17.4 Å². The van der Waals surface area contributed by atoms with Crippen molar-refractivity contribution < 1.29 is 4.42 Å². The summed E-state index contributed by atoms with van der Waals surface area (Å²) in [4.78, 5) is 5.04. The summed E-state index contributed by atoms with van der Waals surface area (Å²) in [6.07, 6.45) is 9.20. The number of allylic oxidation sites excluding steroid dienone is 2. The molecule has 2 unspecified atom stereocenters. The van der Waals surface area contributed by atoms with Crippen LogP contribution in [0.15, 0.2) is 235 Å². The molecular formula is C59H42N2O. The smallest absolute Gasteiger partial charge is 0.136 e. The Morgan fingerprint density at radius 3 is 2.03 bits per heavy atom. The van der Waals surface area contributed by atoms with Crippen LogP contribution in [-0.4, -0.2) is 6.04 Å². The number of furan rings is 1. The van der Waals surface area contributed by atoms with Crippen molar-refractivity contribution in [1.29, 1.82) is 0 Å². The minimum absolute atomic E-state index is 0.0940. The maximum atomic E-state index is 6.40. The molecule has 62 heavy (non-hydrogen) atoms. The van der Waals surface area contributed by atoms with Gasteiger partial charge < -0.3 is 14.2 Å². The zero-order valence-electron chi connectivity index (χ0n) is 34.3. The highest BCUT2D eigenvalue weighted by Gasteiger charge is 2.48. The summed E-state index contributed by atoms with van der Waals surface area (Å²) in [6, 6.07) is 74.9. The summed E-state index contributed by atoms with van der Waals surface area (Å²) >= 11 is 0. The molecule has 3 heteroatoms. The van der Waals surface area contributed by atoms with Crippen molar-refractivity contribution in [3.8, 4) is 33.4 Å². The zero-order chi connectivity index (χ0) is 41.2. The average Bonchev–Trinajstić information content (AvgIpc) is 3.84. The molecule has 2 atom stereocenters. The van der Waals surface area contributed by atoms with Gasteiger partial charge in [-0.2, -0.15) is 0 Å². The maximum absolute atomic E-state index is 6.40. The van der Waals surface area contributed by atoms with Gasteiger partial charge in [0.1, 0.15) is 11.2 Å². The van der Waals surface area contributed by atoms with E-state index in [-0.39, 0.29) is 11.5 Å². The van der Waals surface area contributed by atoms with Gasteiger partial charge in [0, 0.05) is 44.4 Å². The van der Waals surface area contributed by atoms with E-state index in [1.807, 2.05) is 12.1 Å². The first-order valence-corrected chi connectivity index (χ1v) is 21.5. The van der Waals surface area contributed by atoms with Crippen molar-refractivity contribution in [2.24, 2.45) is 0 Å². The second kappa shape index (κ2) is 14.4. The molecule has 0 N–H and O–H groups in total. The number of benzene rings is 9. The molecule has 9 aromatic carbocycles. The van der Waals surface area contributed by atoms with Gasteiger partial charge in [0.25, 0.3) is 0 Å². The number of para-hydroxylation sites is 3. The molecule has 2 aliphatic rings. The Balaban J connectivity index is 1.12. The normalized spacial score (nSPS) is 16.5. The van der Waals surface area contributed by atoms with Gasteiger partial charge in [-0.05, 0) is 106 Å². The fourth-order valence-corrected chi connectivity index (χ4v) is 10.3. The lowest BCUT2D eigenvalue weighted by Crippen LogP contribution is -2.39. The number of fused-ring (bicyclic) bond motifs is 7. The molecule has 12 rings (SSSR count). The van der Waals surface area contributed by atoms with E-state index in [1.165, 1.54) is 44.4 Å². The van der Waals surface area contributed by atoms with E-state index in [1.54, 1.807) is 0 Å². The molecule has 1 aliphatic heterocycles. The van der Waals surface area contributed by atoms with Gasteiger partial charge in [-0.25, -0.2) is 0 Å². The van der Waals surface area contributed by atoms with E-state index in [2.05, 4.69) is 235 Å². The number of hydrogen-bond donors (Lipinski definition) is 0. The van der Waals surface area contributed by atoms with E-state index >= 15 is 0 Å². The first kappa shape index (κ1) is 36.0. The zero-order valence-corrected chi connectivity index (χ0v) is 34.3. The highest BCUT2D eigenvalue weighted by molar-refractivity contribution is 6.09. The van der Waals surface area contributed by atoms with Gasteiger partial charge in [0.2, 0.25) is 0 Å². The van der Waals surface area contributed by atoms with Crippen LogP contribution in [0.3, 0.4) is 0 Å². The van der Waals surface area contributed by atoms with Gasteiger partial charge in [-0.1, -0.05) is 170 Å². The Kier molecular flexibility index (Phi) is 8.36. The Morgan fingerprint density at radius 2 is 1.16 bits per heavy atom. The third-order valence-corrected chi connectivity index (χ3v) is 13.1. The van der Waals surface area contributed by atoms with Crippen LogP contribution < -0.4 is 9.80 Å². The number of anilines is 5. The van der Waals surface area contributed by atoms with Crippen LogP contribution >= 0.6 is 0 Å². The monoisotopic (exact) mass is 794 g/mol. The largest absolute Gasteiger partial charge is 0.456 e. The summed E-state index contributed by atoms with van der Waals surface area (Å²) < 4.78 is 6.40. The molecule has 10 aromatic rings. The fraction of sp³-hybridized carbons (Fsp3) is 0.0508. The lowest BCUT2D eigenvalue weighted by Gasteiger charge is -2.36. The van der Waals surface area contributed by atoms with Crippen LogP contribution in [-0.2, 0) is 5.41 Å². The van der Waals surface area contributed by atoms with Gasteiger partial charge in [-0.3, -0.25) is 0 Å². The van der Waals surface area contributed by atoms with Crippen LogP contribution in [0.4, 0.5) is 28.4 Å². The van der Waals surface area contributed by atoms with Gasteiger partial charge in [-0.15, -0.1) is 0 Å². The second-order valence-corrected chi connectivity index (χ2v) is 16.6. The topological polar surface area (TPSA) is 19.6 Å². The Labute approximate surface area is 361 Å². The van der Waals surface area contributed by atoms with Crippen LogP contribution in [0.5, 0.6) is 0 Å². The summed E-state index contributed by atoms with van der Waals surface area (Å²) in [5.41, 5.74) is 15.5. The predicted molar refractivity (Wildman–Crippen MR) is 260 cm³/mol. The fourth-order valence-electron chi connectivity index (χ4n) is 10.3. The van der Waals surface area contributed by atoms with Crippen molar-refractivity contribution in [2.75, 3.05) is 9.80 Å². The standard InChI is InChI=1S/C59H42N2O/c1-59-37-13-12-34-56(59)61(44-23-6-3-7-24-44)53-32-17-31-52(58(53)59)60(45-25-14-22-42(38-45)43-35-36-49-48-27-9-11-33-54(48)62-55(49)39-43)51-30-10-8-26-47(51)50-29-16-21-41-20-15-28-46(57(41)50)40-18-4-2-5-19-40/h2-39,56H,1H3. The third-order valence-electron chi connectivity index (χ3n) is 13.1. The minimum atomic E-state index is -0.326. The number of nitrogens with zero attached hydrogens (tertiary/aromatic N) is 2. The third kappa shape index (κ3) is 5.66. The molecular weight excluding hydrogens is 753 g/mol. The molecule has 3 nitrogen and oxygen atoms in total. The van der Waals surface area contributed by atoms with Crippen LogP contribution in [0.2, 0.25) is 0 Å². The summed E-state index contributed by atoms with van der Waals surface area (Å²) in [5, 5.41) is 4.71. The highest BCUT2D eigenvalue weighted by Crippen LogP contribution is 2.57. The van der Waals surface area contributed by atoms with Gasteiger partial charge >= 0.3 is 0 Å². The lowest BCUT2D eigenvalue weighted by molar-refractivity contribution is 0.551. The van der Waals surface area contributed by atoms with Crippen molar-refractivity contribution in [1.82, 2.24) is 0 Å². The van der Waals surface area contributed by atoms with Crippen molar-refractivity contribution in [3.05, 3.63) is 236 Å². The van der Waals surface area contributed by atoms with Crippen LogP contribution in [0.1, 0.15) is 12.5 Å². The highest BCUT2D eigenvalue weighted by atomic mass is 16.3. The molecule has 1 aliphatic carbocycles. The van der Waals surface area contributed by atoms with Crippen molar-refractivity contribution in [3.63, 3.8) is 0 Å². The predicted octanol–water partition coefficient (Wildman–Crippen LogP) is 16.1. The first-order chi connectivity index (χ1) is 30.6. The van der Waals surface area contributed by atoms with Gasteiger partial charge in [0.15, 0.2) is 0 Å². The molecule has 0 fully saturated rings. The van der Waals surface area contributed by atoms with E-state index < -0.39 is 0 Å². The second-order valence-electron chi connectivity index (χ2n) is 16.6. The van der Waals surface area contributed by atoms with Crippen LogP contribution in [0, 0.1) is 0 Å². The SMILES string of the molecule is CC12C=CC=CC1N(c1ccccc1)c1cccc(N(c3cccc(-c4ccc5c(c4)oc4ccccc45)c3)c3ccccc3-c3cccc4cccc(-c5ccccc5)c34)c12. The summed E-state index contributed by atoms with van der Waals surface area (Å²) in [6.45, 7) is 2.41. The van der Waals surface area contributed by atoms with Crippen molar-refractivity contribution in [2.45, 2.75) is 18.4 Å². The quantitative estimate of drug-likeness (QED) is 0.160. The average molecular weight is 795 g/mol. The van der Waals surface area contributed by atoms with E-state index in [0.29, 0.717) is 0 Å². The molecule has 0 saturated carbocycles. The first-order valence-electron chi connectivity index (χ1n) is 21.5. The van der Waals surface area contributed by atoms with Crippen LogP contribution in [0.25, 0.3) is 66.1 Å². The molecule has 294 valence electrons. The molecule has 0 radical (unpaired) electrons. The maximum Gasteiger partial charge on any atom is 0.136 e. The Bertz CT molecular complexity index is 3390. The lowest BCUT2D eigenvalue weighted by atomic mass is 9.75.